The fourth-order valence-electron chi connectivity index (χ4n) is 1.53. The molecular weight excluding hydrogens is 255 g/mol. The number of hydrogen-bond donors (Lipinski definition) is 0. The zero-order valence-corrected chi connectivity index (χ0v) is 10.4. The van der Waals surface area contributed by atoms with Crippen LogP contribution in [0.1, 0.15) is 17.3 Å². The highest BCUT2D eigenvalue weighted by Crippen LogP contribution is 2.30. The van der Waals surface area contributed by atoms with Crippen LogP contribution >= 0.6 is 11.6 Å². The van der Waals surface area contributed by atoms with Crippen molar-refractivity contribution in [2.24, 2.45) is 0 Å². The van der Waals surface area contributed by atoms with Crippen molar-refractivity contribution < 1.29 is 13.9 Å². The predicted octanol–water partition coefficient (Wildman–Crippen LogP) is 4.47. The Morgan fingerprint density at radius 2 is 1.78 bits per heavy atom. The number of hydrogen-bond acceptors (Lipinski definition) is 2. The summed E-state index contributed by atoms with van der Waals surface area (Å²) in [5.41, 5.74) is 0.400. The average molecular weight is 265 g/mol. The normalized spacial score (nSPS) is 10.2. The van der Waals surface area contributed by atoms with Gasteiger partial charge < -0.3 is 4.74 Å². The third kappa shape index (κ3) is 2.51. The highest BCUT2D eigenvalue weighted by atomic mass is 35.5. The smallest absolute Gasteiger partial charge is 0.184 e. The van der Waals surface area contributed by atoms with Crippen molar-refractivity contribution in [1.82, 2.24) is 0 Å². The van der Waals surface area contributed by atoms with Crippen molar-refractivity contribution in [2.45, 2.75) is 6.92 Å². The Bertz CT molecular complexity index is 596. The largest absolute Gasteiger partial charge is 0.453 e. The molecule has 2 aromatic carbocycles. The Kier molecular flexibility index (Phi) is 3.63. The molecule has 0 saturated carbocycles. The summed E-state index contributed by atoms with van der Waals surface area (Å²) in [5, 5.41) is -0.0205. The third-order valence-electron chi connectivity index (χ3n) is 2.40. The van der Waals surface area contributed by atoms with Crippen LogP contribution in [0.5, 0.6) is 11.5 Å². The van der Waals surface area contributed by atoms with E-state index in [-0.39, 0.29) is 16.6 Å². The van der Waals surface area contributed by atoms with Crippen LogP contribution in [0.15, 0.2) is 42.5 Å². The molecule has 0 heterocycles. The standard InChI is InChI=1S/C14H10ClFO2/c1-9(17)10-5-2-3-7-12(10)18-13-8-4-6-11(15)14(13)16/h2-8H,1H3. The Morgan fingerprint density at radius 3 is 2.50 bits per heavy atom. The number of Topliss-reactive ketones (excluding diaryl/α,β-unsaturated/α-hetero) is 1. The van der Waals surface area contributed by atoms with Gasteiger partial charge in [0.25, 0.3) is 0 Å². The molecule has 0 aromatic heterocycles. The molecule has 0 atom stereocenters. The summed E-state index contributed by atoms with van der Waals surface area (Å²) in [4.78, 5) is 11.4. The average Bonchev–Trinajstić information content (AvgIpc) is 2.35. The molecule has 0 radical (unpaired) electrons. The van der Waals surface area contributed by atoms with E-state index in [2.05, 4.69) is 0 Å². The number of halogens is 2. The molecule has 0 unspecified atom stereocenters. The zero-order valence-electron chi connectivity index (χ0n) is 9.61. The number of carbonyl (C=O) groups is 1. The van der Waals surface area contributed by atoms with Gasteiger partial charge in [-0.3, -0.25) is 4.79 Å². The number of ketones is 1. The van der Waals surface area contributed by atoms with Crippen molar-refractivity contribution in [1.29, 1.82) is 0 Å². The highest BCUT2D eigenvalue weighted by molar-refractivity contribution is 6.30. The number of carbonyl (C=O) groups excluding carboxylic acids is 1. The summed E-state index contributed by atoms with van der Waals surface area (Å²) in [6, 6.07) is 11.1. The molecule has 0 spiro atoms. The molecule has 0 aliphatic carbocycles. The minimum Gasteiger partial charge on any atom is -0.453 e. The first-order valence-corrected chi connectivity index (χ1v) is 5.69. The molecular formula is C14H10ClFO2. The van der Waals surface area contributed by atoms with Crippen LogP contribution in [0.4, 0.5) is 4.39 Å². The minimum absolute atomic E-state index is 0.00352. The maximum Gasteiger partial charge on any atom is 0.184 e. The van der Waals surface area contributed by atoms with E-state index in [1.165, 1.54) is 19.1 Å². The van der Waals surface area contributed by atoms with E-state index in [1.807, 2.05) is 0 Å². The molecule has 18 heavy (non-hydrogen) atoms. The van der Waals surface area contributed by atoms with Gasteiger partial charge >= 0.3 is 0 Å². The Labute approximate surface area is 109 Å². The van der Waals surface area contributed by atoms with Crippen molar-refractivity contribution in [3.8, 4) is 11.5 Å². The molecule has 0 fully saturated rings. The Hall–Kier alpha value is -1.87. The third-order valence-corrected chi connectivity index (χ3v) is 2.69. The maximum absolute atomic E-state index is 13.7. The van der Waals surface area contributed by atoms with Gasteiger partial charge in [-0.05, 0) is 31.2 Å². The predicted molar refractivity (Wildman–Crippen MR) is 67.9 cm³/mol. The fourth-order valence-corrected chi connectivity index (χ4v) is 1.69. The van der Waals surface area contributed by atoms with Crippen LogP contribution in [-0.4, -0.2) is 5.78 Å². The maximum atomic E-state index is 13.7. The van der Waals surface area contributed by atoms with Crippen molar-refractivity contribution in [3.05, 3.63) is 58.9 Å². The van der Waals surface area contributed by atoms with E-state index in [9.17, 15) is 9.18 Å². The molecule has 0 aliphatic rings. The second-order valence-electron chi connectivity index (χ2n) is 3.71. The number of benzene rings is 2. The molecule has 0 saturated heterocycles. The first kappa shape index (κ1) is 12.6. The first-order valence-electron chi connectivity index (χ1n) is 5.31. The molecule has 2 aromatic rings. The summed E-state index contributed by atoms with van der Waals surface area (Å²) in [5.74, 6) is -0.479. The van der Waals surface area contributed by atoms with Crippen LogP contribution < -0.4 is 4.74 Å². The topological polar surface area (TPSA) is 26.3 Å². The van der Waals surface area contributed by atoms with Crippen LogP contribution in [0.3, 0.4) is 0 Å². The van der Waals surface area contributed by atoms with Crippen LogP contribution in [0.25, 0.3) is 0 Å². The van der Waals surface area contributed by atoms with Crippen molar-refractivity contribution in [2.75, 3.05) is 0 Å². The van der Waals surface area contributed by atoms with Gasteiger partial charge in [0.1, 0.15) is 5.75 Å². The summed E-state index contributed by atoms with van der Waals surface area (Å²) in [7, 11) is 0. The molecule has 0 aliphatic heterocycles. The number of ether oxygens (including phenoxy) is 1. The van der Waals surface area contributed by atoms with E-state index in [0.717, 1.165) is 0 Å². The lowest BCUT2D eigenvalue weighted by molar-refractivity contribution is 0.101. The molecule has 2 nitrogen and oxygen atoms in total. The SMILES string of the molecule is CC(=O)c1ccccc1Oc1cccc(Cl)c1F. The molecule has 4 heteroatoms. The molecule has 0 N–H and O–H groups in total. The van der Waals surface area contributed by atoms with Gasteiger partial charge in [-0.1, -0.05) is 29.8 Å². The lowest BCUT2D eigenvalue weighted by Gasteiger charge is -2.10. The van der Waals surface area contributed by atoms with E-state index >= 15 is 0 Å². The lowest BCUT2D eigenvalue weighted by atomic mass is 10.1. The second kappa shape index (κ2) is 5.19. The minimum atomic E-state index is -0.641. The lowest BCUT2D eigenvalue weighted by Crippen LogP contribution is -1.97. The van der Waals surface area contributed by atoms with Gasteiger partial charge in [0.2, 0.25) is 0 Å². The van der Waals surface area contributed by atoms with Crippen molar-refractivity contribution >= 4 is 17.4 Å². The quantitative estimate of drug-likeness (QED) is 0.765. The molecule has 0 amide bonds. The molecule has 0 bridgehead atoms. The number of para-hydroxylation sites is 1. The summed E-state index contributed by atoms with van der Waals surface area (Å²) in [6.45, 7) is 1.43. The molecule has 2 rings (SSSR count). The van der Waals surface area contributed by atoms with E-state index < -0.39 is 5.82 Å². The van der Waals surface area contributed by atoms with Gasteiger partial charge in [-0.2, -0.15) is 0 Å². The first-order chi connectivity index (χ1) is 8.59. The summed E-state index contributed by atoms with van der Waals surface area (Å²) < 4.78 is 19.1. The van der Waals surface area contributed by atoms with Crippen molar-refractivity contribution in [3.63, 3.8) is 0 Å². The van der Waals surface area contributed by atoms with Gasteiger partial charge in [-0.15, -0.1) is 0 Å². The highest BCUT2D eigenvalue weighted by Gasteiger charge is 2.12. The van der Waals surface area contributed by atoms with Gasteiger partial charge in [0, 0.05) is 0 Å². The van der Waals surface area contributed by atoms with Gasteiger partial charge in [-0.25, -0.2) is 4.39 Å². The van der Waals surface area contributed by atoms with Gasteiger partial charge in [0.05, 0.1) is 10.6 Å². The summed E-state index contributed by atoms with van der Waals surface area (Å²) in [6.07, 6.45) is 0. The molecule has 92 valence electrons. The van der Waals surface area contributed by atoms with Crippen LogP contribution in [-0.2, 0) is 0 Å². The number of rotatable bonds is 3. The van der Waals surface area contributed by atoms with E-state index in [1.54, 1.807) is 30.3 Å². The monoisotopic (exact) mass is 264 g/mol. The Morgan fingerprint density at radius 1 is 1.11 bits per heavy atom. The van der Waals surface area contributed by atoms with Gasteiger partial charge in [0.15, 0.2) is 17.3 Å². The van der Waals surface area contributed by atoms with Crippen LogP contribution in [0, 0.1) is 5.82 Å². The second-order valence-corrected chi connectivity index (χ2v) is 4.11. The van der Waals surface area contributed by atoms with E-state index in [0.29, 0.717) is 11.3 Å². The summed E-state index contributed by atoms with van der Waals surface area (Å²) >= 11 is 5.66. The Balaban J connectivity index is 2.40. The zero-order chi connectivity index (χ0) is 13.1. The fraction of sp³-hybridized carbons (Fsp3) is 0.0714. The van der Waals surface area contributed by atoms with E-state index in [4.69, 9.17) is 16.3 Å². The van der Waals surface area contributed by atoms with Crippen LogP contribution in [0.2, 0.25) is 5.02 Å².